The third kappa shape index (κ3) is 3.72. The summed E-state index contributed by atoms with van der Waals surface area (Å²) in [5.74, 6) is 0. The highest BCUT2D eigenvalue weighted by molar-refractivity contribution is 5.79. The third-order valence-electron chi connectivity index (χ3n) is 4.48. The molecule has 3 aromatic carbocycles. The van der Waals surface area contributed by atoms with E-state index in [4.69, 9.17) is 0 Å². The molecule has 0 aliphatic heterocycles. The van der Waals surface area contributed by atoms with Gasteiger partial charge in [0.15, 0.2) is 0 Å². The third-order valence-corrected chi connectivity index (χ3v) is 4.48. The molecule has 0 saturated carbocycles. The fraction of sp³-hybridized carbons (Fsp3) is 0.0833. The smallest absolute Gasteiger partial charge is 0.0408 e. The van der Waals surface area contributed by atoms with Crippen LogP contribution in [0, 0.1) is 0 Å². The summed E-state index contributed by atoms with van der Waals surface area (Å²) in [7, 11) is 2.04. The molecule has 0 spiro atoms. The molecule has 124 valence electrons. The van der Waals surface area contributed by atoms with Crippen molar-refractivity contribution < 1.29 is 0 Å². The number of hydrogen-bond acceptors (Lipinski definition) is 1. The van der Waals surface area contributed by atoms with E-state index >= 15 is 0 Å². The summed E-state index contributed by atoms with van der Waals surface area (Å²) >= 11 is 0. The van der Waals surface area contributed by atoms with E-state index in [1.807, 2.05) is 20.0 Å². The first kappa shape index (κ1) is 16.8. The minimum absolute atomic E-state index is 0.975. The monoisotopic (exact) mass is 325 g/mol. The van der Waals surface area contributed by atoms with Crippen molar-refractivity contribution in [2.45, 2.75) is 6.92 Å². The molecule has 0 saturated heterocycles. The van der Waals surface area contributed by atoms with Crippen LogP contribution in [0.3, 0.4) is 0 Å². The zero-order valence-corrected chi connectivity index (χ0v) is 14.9. The first-order valence-corrected chi connectivity index (χ1v) is 8.40. The molecule has 0 aromatic heterocycles. The van der Waals surface area contributed by atoms with Crippen LogP contribution < -0.4 is 4.90 Å². The zero-order chi connectivity index (χ0) is 17.8. The van der Waals surface area contributed by atoms with Gasteiger partial charge >= 0.3 is 0 Å². The lowest BCUT2D eigenvalue weighted by Crippen LogP contribution is -2.14. The minimum atomic E-state index is 0.975. The fourth-order valence-corrected chi connectivity index (χ4v) is 2.80. The second-order valence-electron chi connectivity index (χ2n) is 6.28. The maximum atomic E-state index is 4.27. The molecule has 3 rings (SSSR count). The van der Waals surface area contributed by atoms with Gasteiger partial charge in [-0.3, -0.25) is 0 Å². The maximum absolute atomic E-state index is 4.27. The average molecular weight is 325 g/mol. The Labute approximate surface area is 150 Å². The second kappa shape index (κ2) is 7.23. The van der Waals surface area contributed by atoms with E-state index in [0.717, 1.165) is 28.1 Å². The lowest BCUT2D eigenvalue weighted by Gasteiger charge is -2.22. The van der Waals surface area contributed by atoms with E-state index in [-0.39, 0.29) is 0 Å². The van der Waals surface area contributed by atoms with Crippen LogP contribution in [0.2, 0.25) is 0 Å². The van der Waals surface area contributed by atoms with Gasteiger partial charge in [0.1, 0.15) is 0 Å². The molecular formula is C24H23N. The van der Waals surface area contributed by atoms with E-state index in [0.29, 0.717) is 0 Å². The molecule has 0 N–H and O–H groups in total. The van der Waals surface area contributed by atoms with Crippen LogP contribution in [0.5, 0.6) is 0 Å². The SMILES string of the molecule is C=C(C)c1ccc(N(C)C(=C)c2ccc(-c3ccccc3)cc2)cc1. The topological polar surface area (TPSA) is 3.24 Å². The van der Waals surface area contributed by atoms with Crippen LogP contribution >= 0.6 is 0 Å². The van der Waals surface area contributed by atoms with Crippen molar-refractivity contribution >= 4 is 17.0 Å². The predicted octanol–water partition coefficient (Wildman–Crippen LogP) is 6.49. The number of nitrogens with zero attached hydrogens (tertiary/aromatic N) is 1. The molecule has 0 amide bonds. The van der Waals surface area contributed by atoms with Crippen LogP contribution in [0.4, 0.5) is 5.69 Å². The number of allylic oxidation sites excluding steroid dienone is 1. The average Bonchev–Trinajstić information content (AvgIpc) is 2.67. The number of hydrogen-bond donors (Lipinski definition) is 0. The van der Waals surface area contributed by atoms with Crippen LogP contribution in [-0.2, 0) is 0 Å². The van der Waals surface area contributed by atoms with E-state index in [2.05, 4.69) is 90.9 Å². The molecule has 0 radical (unpaired) electrons. The van der Waals surface area contributed by atoms with Gasteiger partial charge < -0.3 is 4.90 Å². The van der Waals surface area contributed by atoms with Crippen molar-refractivity contribution in [3.63, 3.8) is 0 Å². The van der Waals surface area contributed by atoms with Gasteiger partial charge in [0.2, 0.25) is 0 Å². The van der Waals surface area contributed by atoms with Crippen molar-refractivity contribution in [3.05, 3.63) is 103 Å². The molecule has 0 atom stereocenters. The molecule has 3 aromatic rings. The summed E-state index contributed by atoms with van der Waals surface area (Å²) in [5, 5.41) is 0. The summed E-state index contributed by atoms with van der Waals surface area (Å²) in [6.07, 6.45) is 0. The van der Waals surface area contributed by atoms with E-state index in [1.54, 1.807) is 0 Å². The molecular weight excluding hydrogens is 302 g/mol. The minimum Gasteiger partial charge on any atom is -0.345 e. The molecule has 1 heteroatoms. The first-order valence-electron chi connectivity index (χ1n) is 8.40. The van der Waals surface area contributed by atoms with Gasteiger partial charge in [-0.1, -0.05) is 85.5 Å². The quantitative estimate of drug-likeness (QED) is 0.518. The molecule has 0 fully saturated rings. The Morgan fingerprint density at radius 3 is 1.76 bits per heavy atom. The Hall–Kier alpha value is -3.06. The number of anilines is 1. The van der Waals surface area contributed by atoms with Gasteiger partial charge in [0, 0.05) is 18.4 Å². The Kier molecular flexibility index (Phi) is 4.85. The Balaban J connectivity index is 1.79. The van der Waals surface area contributed by atoms with E-state index in [9.17, 15) is 0 Å². The van der Waals surface area contributed by atoms with Crippen LogP contribution in [0.15, 0.2) is 92.0 Å². The van der Waals surface area contributed by atoms with Crippen molar-refractivity contribution in [1.29, 1.82) is 0 Å². The van der Waals surface area contributed by atoms with Crippen LogP contribution in [0.1, 0.15) is 18.1 Å². The highest BCUT2D eigenvalue weighted by Gasteiger charge is 2.08. The molecule has 0 heterocycles. The van der Waals surface area contributed by atoms with E-state index in [1.165, 1.54) is 11.1 Å². The van der Waals surface area contributed by atoms with Gasteiger partial charge in [0.25, 0.3) is 0 Å². The lowest BCUT2D eigenvalue weighted by molar-refractivity contribution is 1.22. The number of benzene rings is 3. The van der Waals surface area contributed by atoms with E-state index < -0.39 is 0 Å². The lowest BCUT2D eigenvalue weighted by atomic mass is 10.0. The van der Waals surface area contributed by atoms with Crippen molar-refractivity contribution in [3.8, 4) is 11.1 Å². The summed E-state index contributed by atoms with van der Waals surface area (Å²) in [5.41, 5.74) is 7.88. The molecule has 1 nitrogen and oxygen atoms in total. The Morgan fingerprint density at radius 2 is 1.20 bits per heavy atom. The van der Waals surface area contributed by atoms with Gasteiger partial charge in [-0.05, 0) is 41.3 Å². The van der Waals surface area contributed by atoms with Crippen molar-refractivity contribution in [2.75, 3.05) is 11.9 Å². The summed E-state index contributed by atoms with van der Waals surface area (Å²) in [6.45, 7) is 10.3. The highest BCUT2D eigenvalue weighted by Crippen LogP contribution is 2.27. The largest absolute Gasteiger partial charge is 0.345 e. The summed E-state index contributed by atoms with van der Waals surface area (Å²) in [4.78, 5) is 2.11. The summed E-state index contributed by atoms with van der Waals surface area (Å²) < 4.78 is 0. The van der Waals surface area contributed by atoms with Crippen LogP contribution in [-0.4, -0.2) is 7.05 Å². The Morgan fingerprint density at radius 1 is 0.680 bits per heavy atom. The maximum Gasteiger partial charge on any atom is 0.0408 e. The second-order valence-corrected chi connectivity index (χ2v) is 6.28. The van der Waals surface area contributed by atoms with Crippen molar-refractivity contribution in [2.24, 2.45) is 0 Å². The van der Waals surface area contributed by atoms with Gasteiger partial charge in [-0.2, -0.15) is 0 Å². The zero-order valence-electron chi connectivity index (χ0n) is 14.9. The molecule has 0 aliphatic rings. The molecule has 0 aliphatic carbocycles. The van der Waals surface area contributed by atoms with Crippen LogP contribution in [0.25, 0.3) is 22.4 Å². The molecule has 0 unspecified atom stereocenters. The predicted molar refractivity (Wildman–Crippen MR) is 110 cm³/mol. The summed E-state index contributed by atoms with van der Waals surface area (Å²) in [6, 6.07) is 27.4. The molecule has 25 heavy (non-hydrogen) atoms. The fourth-order valence-electron chi connectivity index (χ4n) is 2.80. The molecule has 0 bridgehead atoms. The first-order chi connectivity index (χ1) is 12.1. The van der Waals surface area contributed by atoms with Gasteiger partial charge in [-0.15, -0.1) is 0 Å². The van der Waals surface area contributed by atoms with Crippen molar-refractivity contribution in [1.82, 2.24) is 0 Å². The van der Waals surface area contributed by atoms with Gasteiger partial charge in [-0.25, -0.2) is 0 Å². The number of rotatable bonds is 5. The van der Waals surface area contributed by atoms with Gasteiger partial charge in [0.05, 0.1) is 0 Å². The highest BCUT2D eigenvalue weighted by atomic mass is 15.1. The Bertz CT molecular complexity index is 872. The standard InChI is InChI=1S/C24H23N/c1-18(2)20-14-16-24(17-15-20)25(4)19(3)21-10-12-23(13-11-21)22-8-6-5-7-9-22/h5-17H,1,3H2,2,4H3. The normalized spacial score (nSPS) is 10.3.